The molecule has 0 aromatic heterocycles. The largest absolute Gasteiger partial charge is 0.506 e. The van der Waals surface area contributed by atoms with E-state index in [1.54, 1.807) is 24.3 Å². The number of anilines is 2. The first-order valence-electron chi connectivity index (χ1n) is 11.2. The van der Waals surface area contributed by atoms with Gasteiger partial charge in [-0.05, 0) is 48.7 Å². The third-order valence-electron chi connectivity index (χ3n) is 6.85. The van der Waals surface area contributed by atoms with Crippen molar-refractivity contribution in [3.8, 4) is 5.75 Å². The smallest absolute Gasteiger partial charge is 0.259 e. The van der Waals surface area contributed by atoms with Crippen LogP contribution in [-0.4, -0.2) is 22.5 Å². The number of fused-ring (bicyclic) bond motifs is 1. The Morgan fingerprint density at radius 2 is 1.53 bits per heavy atom. The Balaban J connectivity index is 1.68. The van der Waals surface area contributed by atoms with Gasteiger partial charge in [0, 0.05) is 11.3 Å². The number of phenolic OH excluding ortho intramolecular Hbond substituents is 1. The Morgan fingerprint density at radius 1 is 0.875 bits per heavy atom. The van der Waals surface area contributed by atoms with Crippen LogP contribution >= 0.6 is 0 Å². The Hall–Kier alpha value is -3.60. The zero-order valence-electron chi connectivity index (χ0n) is 17.8. The molecule has 3 aromatic carbocycles. The van der Waals surface area contributed by atoms with Crippen LogP contribution in [0, 0.1) is 0 Å². The van der Waals surface area contributed by atoms with Crippen LogP contribution in [0.4, 0.5) is 11.4 Å². The number of phenols is 1. The summed E-state index contributed by atoms with van der Waals surface area (Å²) in [5, 5.41) is 13.2. The van der Waals surface area contributed by atoms with Gasteiger partial charge in [-0.25, -0.2) is 0 Å². The number of amides is 2. The van der Waals surface area contributed by atoms with Gasteiger partial charge in [-0.2, -0.15) is 0 Å². The van der Waals surface area contributed by atoms with Crippen molar-refractivity contribution in [2.75, 3.05) is 10.2 Å². The van der Waals surface area contributed by atoms with Gasteiger partial charge in [0.15, 0.2) is 0 Å². The average Bonchev–Trinajstić information content (AvgIpc) is 2.82. The molecule has 162 valence electrons. The minimum Gasteiger partial charge on any atom is -0.506 e. The van der Waals surface area contributed by atoms with E-state index in [9.17, 15) is 14.7 Å². The number of aromatic hydroxyl groups is 1. The fourth-order valence-corrected chi connectivity index (χ4v) is 5.48. The van der Waals surface area contributed by atoms with Gasteiger partial charge in [-0.15, -0.1) is 0 Å². The predicted octanol–water partition coefficient (Wildman–Crippen LogP) is 5.48. The van der Waals surface area contributed by atoms with Crippen molar-refractivity contribution in [2.45, 2.75) is 43.6 Å². The lowest BCUT2D eigenvalue weighted by atomic mass is 9.65. The first-order valence-corrected chi connectivity index (χ1v) is 11.2. The van der Waals surface area contributed by atoms with Gasteiger partial charge in [0.25, 0.3) is 5.91 Å². The quantitative estimate of drug-likeness (QED) is 0.545. The molecule has 5 heteroatoms. The molecule has 1 heterocycles. The zero-order chi connectivity index (χ0) is 22.1. The van der Waals surface area contributed by atoms with Gasteiger partial charge >= 0.3 is 0 Å². The van der Waals surface area contributed by atoms with E-state index in [2.05, 4.69) is 5.32 Å². The van der Waals surface area contributed by atoms with Crippen LogP contribution in [0.1, 0.15) is 53.9 Å². The first kappa shape index (κ1) is 20.3. The molecule has 5 nitrogen and oxygen atoms in total. The van der Waals surface area contributed by atoms with Crippen molar-refractivity contribution in [3.05, 3.63) is 90.0 Å². The molecule has 2 amide bonds. The van der Waals surface area contributed by atoms with E-state index in [0.717, 1.165) is 43.4 Å². The van der Waals surface area contributed by atoms with Crippen LogP contribution in [0.2, 0.25) is 0 Å². The van der Waals surface area contributed by atoms with Crippen LogP contribution in [-0.2, 0) is 4.79 Å². The second-order valence-electron chi connectivity index (χ2n) is 8.67. The monoisotopic (exact) mass is 426 g/mol. The molecule has 2 aliphatic rings. The summed E-state index contributed by atoms with van der Waals surface area (Å²) in [5.41, 5.74) is 1.86. The highest BCUT2D eigenvalue weighted by atomic mass is 16.3. The Kier molecular flexibility index (Phi) is 5.17. The molecule has 1 aliphatic heterocycles. The van der Waals surface area contributed by atoms with Gasteiger partial charge in [0.05, 0.1) is 17.1 Å². The van der Waals surface area contributed by atoms with Gasteiger partial charge in [-0.3, -0.25) is 9.59 Å². The Labute approximate surface area is 187 Å². The second-order valence-corrected chi connectivity index (χ2v) is 8.67. The van der Waals surface area contributed by atoms with Crippen molar-refractivity contribution in [3.63, 3.8) is 0 Å². The summed E-state index contributed by atoms with van der Waals surface area (Å²) in [5.74, 6) is -0.773. The molecule has 1 saturated carbocycles. The molecule has 1 aliphatic carbocycles. The lowest BCUT2D eigenvalue weighted by Crippen LogP contribution is -2.62. The summed E-state index contributed by atoms with van der Waals surface area (Å²) < 4.78 is 0. The normalized spacial score (nSPS) is 19.4. The zero-order valence-corrected chi connectivity index (χ0v) is 17.8. The summed E-state index contributed by atoms with van der Waals surface area (Å²) in [7, 11) is 0. The van der Waals surface area contributed by atoms with Crippen molar-refractivity contribution in [1.29, 1.82) is 0 Å². The summed E-state index contributed by atoms with van der Waals surface area (Å²) in [6.07, 6.45) is 4.51. The maximum Gasteiger partial charge on any atom is 0.259 e. The van der Waals surface area contributed by atoms with Gasteiger partial charge in [0.1, 0.15) is 5.75 Å². The Bertz CT molecular complexity index is 1150. The minimum atomic E-state index is -0.653. The van der Waals surface area contributed by atoms with Crippen molar-refractivity contribution in [1.82, 2.24) is 0 Å². The molecule has 0 saturated heterocycles. The molecular weight excluding hydrogens is 400 g/mol. The van der Waals surface area contributed by atoms with E-state index < -0.39 is 11.5 Å². The van der Waals surface area contributed by atoms with Crippen LogP contribution in [0.5, 0.6) is 5.75 Å². The van der Waals surface area contributed by atoms with E-state index >= 15 is 0 Å². The molecule has 32 heavy (non-hydrogen) atoms. The number of rotatable bonds is 3. The van der Waals surface area contributed by atoms with Crippen LogP contribution < -0.4 is 10.2 Å². The van der Waals surface area contributed by atoms with Crippen LogP contribution in [0.3, 0.4) is 0 Å². The lowest BCUT2D eigenvalue weighted by Gasteiger charge is -2.53. The van der Waals surface area contributed by atoms with Crippen LogP contribution in [0.25, 0.3) is 0 Å². The van der Waals surface area contributed by atoms with Gasteiger partial charge in [0.2, 0.25) is 5.91 Å². The van der Waals surface area contributed by atoms with E-state index in [4.69, 9.17) is 0 Å². The topological polar surface area (TPSA) is 69.6 Å². The van der Waals surface area contributed by atoms with E-state index in [-0.39, 0.29) is 17.6 Å². The van der Waals surface area contributed by atoms with E-state index in [0.29, 0.717) is 11.3 Å². The molecule has 2 N–H and O–H groups in total. The fourth-order valence-electron chi connectivity index (χ4n) is 5.48. The molecule has 3 aromatic rings. The number of carbonyl (C=O) groups is 2. The number of hydrogen-bond acceptors (Lipinski definition) is 3. The van der Waals surface area contributed by atoms with Gasteiger partial charge < -0.3 is 15.3 Å². The summed E-state index contributed by atoms with van der Waals surface area (Å²) in [6.45, 7) is 0. The highest BCUT2D eigenvalue weighted by Crippen LogP contribution is 2.51. The molecule has 1 fully saturated rings. The summed E-state index contributed by atoms with van der Waals surface area (Å²) in [4.78, 5) is 29.6. The maximum absolute atomic E-state index is 13.9. The molecule has 1 atom stereocenters. The molecule has 1 spiro atoms. The van der Waals surface area contributed by atoms with Crippen molar-refractivity contribution in [2.24, 2.45) is 0 Å². The number of nitrogens with zero attached hydrogens (tertiary/aromatic N) is 1. The molecule has 0 radical (unpaired) electrons. The number of hydrogen-bond donors (Lipinski definition) is 2. The first-order chi connectivity index (χ1) is 15.6. The average molecular weight is 427 g/mol. The molecule has 1 unspecified atom stereocenters. The number of para-hydroxylation sites is 3. The van der Waals surface area contributed by atoms with Gasteiger partial charge in [-0.1, -0.05) is 67.8 Å². The number of benzene rings is 3. The van der Waals surface area contributed by atoms with E-state index in [1.165, 1.54) is 0 Å². The lowest BCUT2D eigenvalue weighted by molar-refractivity contribution is -0.119. The second kappa shape index (κ2) is 8.15. The summed E-state index contributed by atoms with van der Waals surface area (Å²) >= 11 is 0. The molecule has 0 bridgehead atoms. The van der Waals surface area contributed by atoms with Crippen LogP contribution in [0.15, 0.2) is 78.9 Å². The number of nitrogens with one attached hydrogen (secondary N) is 1. The standard InChI is InChI=1S/C27H26N2O3/c30-23-16-8-7-15-22(23)28-25(31)24-20-13-5-6-14-21(20)26(32)29(19-11-3-1-4-12-19)27(24)17-9-2-10-18-27/h1,3-8,11-16,24,30H,2,9-10,17-18H2,(H,28,31). The minimum absolute atomic E-state index is 0.0265. The maximum atomic E-state index is 13.9. The van der Waals surface area contributed by atoms with Crippen molar-refractivity contribution < 1.29 is 14.7 Å². The van der Waals surface area contributed by atoms with E-state index in [1.807, 2.05) is 59.5 Å². The summed E-state index contributed by atoms with van der Waals surface area (Å²) in [6, 6.07) is 23.9. The van der Waals surface area contributed by atoms with Crippen molar-refractivity contribution >= 4 is 23.2 Å². The Morgan fingerprint density at radius 3 is 2.28 bits per heavy atom. The fraction of sp³-hybridized carbons (Fsp3) is 0.259. The molecular formula is C27H26N2O3. The predicted molar refractivity (Wildman–Crippen MR) is 125 cm³/mol. The highest BCUT2D eigenvalue weighted by molar-refractivity contribution is 6.13. The third-order valence-corrected chi connectivity index (χ3v) is 6.85. The highest BCUT2D eigenvalue weighted by Gasteiger charge is 2.55. The number of carbonyl (C=O) groups excluding carboxylic acids is 2. The molecule has 5 rings (SSSR count). The third kappa shape index (κ3) is 3.25. The SMILES string of the molecule is O=C(Nc1ccccc1O)C1c2ccccc2C(=O)N(c2ccccc2)C12CCCCC2.